The number of aliphatic hydroxyl groups excluding tert-OH is 1. The molecule has 0 saturated heterocycles. The van der Waals surface area contributed by atoms with Crippen molar-refractivity contribution < 1.29 is 5.11 Å². The van der Waals surface area contributed by atoms with Gasteiger partial charge in [0.1, 0.15) is 0 Å². The standard InChI is InChI=1S/C14H19NO/c1-10-2-3-11-4-5-14(12(11)6-10)7-13(14,8-15)9-16/h2-3,6,16H,4-5,7-9,15H2,1H3. The van der Waals surface area contributed by atoms with Crippen molar-refractivity contribution in [3.8, 4) is 0 Å². The van der Waals surface area contributed by atoms with Gasteiger partial charge in [0.25, 0.3) is 0 Å². The first kappa shape index (κ1) is 10.3. The molecule has 1 aromatic rings. The SMILES string of the molecule is Cc1ccc2c(c1)C1(CC2)CC1(CN)CO. The molecular formula is C14H19NO. The first-order chi connectivity index (χ1) is 7.67. The van der Waals surface area contributed by atoms with E-state index in [1.54, 1.807) is 0 Å². The second-order valence-electron chi connectivity index (χ2n) is 5.56. The zero-order valence-corrected chi connectivity index (χ0v) is 9.79. The van der Waals surface area contributed by atoms with E-state index in [0.29, 0.717) is 6.54 Å². The highest BCUT2D eigenvalue weighted by molar-refractivity contribution is 5.49. The van der Waals surface area contributed by atoms with E-state index in [9.17, 15) is 5.11 Å². The summed E-state index contributed by atoms with van der Waals surface area (Å²) in [6.45, 7) is 2.98. The molecule has 0 bridgehead atoms. The minimum Gasteiger partial charge on any atom is -0.396 e. The molecule has 0 aliphatic heterocycles. The Labute approximate surface area is 96.5 Å². The average molecular weight is 217 g/mol. The number of rotatable bonds is 2. The van der Waals surface area contributed by atoms with E-state index in [2.05, 4.69) is 25.1 Å². The summed E-state index contributed by atoms with van der Waals surface area (Å²) < 4.78 is 0. The van der Waals surface area contributed by atoms with Gasteiger partial charge in [-0.2, -0.15) is 0 Å². The third kappa shape index (κ3) is 1.04. The Morgan fingerprint density at radius 3 is 2.88 bits per heavy atom. The molecule has 16 heavy (non-hydrogen) atoms. The van der Waals surface area contributed by atoms with Crippen LogP contribution in [0.3, 0.4) is 0 Å². The largest absolute Gasteiger partial charge is 0.396 e. The Hall–Kier alpha value is -0.860. The molecule has 2 aliphatic carbocycles. The third-order valence-corrected chi connectivity index (χ3v) is 4.83. The van der Waals surface area contributed by atoms with Gasteiger partial charge in [-0.1, -0.05) is 23.8 Å². The van der Waals surface area contributed by atoms with Crippen LogP contribution in [-0.4, -0.2) is 18.3 Å². The molecule has 0 amide bonds. The molecule has 86 valence electrons. The number of hydrogen-bond acceptors (Lipinski definition) is 2. The number of nitrogens with two attached hydrogens (primary N) is 1. The molecule has 0 radical (unpaired) electrons. The van der Waals surface area contributed by atoms with Gasteiger partial charge >= 0.3 is 0 Å². The first-order valence-electron chi connectivity index (χ1n) is 6.08. The minimum atomic E-state index is -0.0218. The summed E-state index contributed by atoms with van der Waals surface area (Å²) in [7, 11) is 0. The quantitative estimate of drug-likeness (QED) is 0.789. The van der Waals surface area contributed by atoms with Gasteiger partial charge in [0.05, 0.1) is 6.61 Å². The maximum atomic E-state index is 9.60. The van der Waals surface area contributed by atoms with Crippen LogP contribution >= 0.6 is 0 Å². The topological polar surface area (TPSA) is 46.2 Å². The zero-order chi connectivity index (χ0) is 11.4. The minimum absolute atomic E-state index is 0.0218. The van der Waals surface area contributed by atoms with E-state index in [1.165, 1.54) is 23.1 Å². The molecule has 2 nitrogen and oxygen atoms in total. The lowest BCUT2D eigenvalue weighted by molar-refractivity contribution is 0.195. The number of aliphatic hydroxyl groups is 1. The molecule has 2 aliphatic rings. The Morgan fingerprint density at radius 1 is 1.44 bits per heavy atom. The van der Waals surface area contributed by atoms with Gasteiger partial charge in [-0.25, -0.2) is 0 Å². The normalized spacial score (nSPS) is 35.4. The predicted octanol–water partition coefficient (Wildman–Crippen LogP) is 1.52. The van der Waals surface area contributed by atoms with Crippen LogP contribution in [0.25, 0.3) is 0 Å². The molecule has 1 aromatic carbocycles. The summed E-state index contributed by atoms with van der Waals surface area (Å²) in [5, 5.41) is 9.60. The lowest BCUT2D eigenvalue weighted by Crippen LogP contribution is -2.28. The third-order valence-electron chi connectivity index (χ3n) is 4.83. The van der Waals surface area contributed by atoms with Crippen LogP contribution in [0.5, 0.6) is 0 Å². The fourth-order valence-corrected chi connectivity index (χ4v) is 3.64. The van der Waals surface area contributed by atoms with Crippen molar-refractivity contribution in [1.29, 1.82) is 0 Å². The second kappa shape index (κ2) is 3.08. The zero-order valence-electron chi connectivity index (χ0n) is 9.79. The summed E-state index contributed by atoms with van der Waals surface area (Å²) in [5.74, 6) is 0. The van der Waals surface area contributed by atoms with E-state index in [1.807, 2.05) is 0 Å². The molecular weight excluding hydrogens is 198 g/mol. The maximum absolute atomic E-state index is 9.60. The number of hydrogen-bond donors (Lipinski definition) is 2. The summed E-state index contributed by atoms with van der Waals surface area (Å²) in [4.78, 5) is 0. The number of benzene rings is 1. The summed E-state index contributed by atoms with van der Waals surface area (Å²) in [6.07, 6.45) is 3.39. The van der Waals surface area contributed by atoms with E-state index in [0.717, 1.165) is 12.8 Å². The monoisotopic (exact) mass is 217 g/mol. The lowest BCUT2D eigenvalue weighted by atomic mass is 9.87. The summed E-state index contributed by atoms with van der Waals surface area (Å²) in [6, 6.07) is 6.73. The molecule has 1 saturated carbocycles. The van der Waals surface area contributed by atoms with Gasteiger partial charge < -0.3 is 10.8 Å². The average Bonchev–Trinajstić information content (AvgIpc) is 2.84. The van der Waals surface area contributed by atoms with Gasteiger partial charge in [-0.15, -0.1) is 0 Å². The van der Waals surface area contributed by atoms with Crippen molar-refractivity contribution in [2.75, 3.05) is 13.2 Å². The van der Waals surface area contributed by atoms with Crippen LogP contribution in [0.1, 0.15) is 29.5 Å². The van der Waals surface area contributed by atoms with E-state index in [4.69, 9.17) is 5.73 Å². The van der Waals surface area contributed by atoms with E-state index < -0.39 is 0 Å². The summed E-state index contributed by atoms with van der Waals surface area (Å²) in [5.41, 5.74) is 10.3. The molecule has 0 aromatic heterocycles. The first-order valence-corrected chi connectivity index (χ1v) is 6.08. The second-order valence-corrected chi connectivity index (χ2v) is 5.56. The van der Waals surface area contributed by atoms with Crippen LogP contribution in [0.4, 0.5) is 0 Å². The Kier molecular flexibility index (Phi) is 1.99. The van der Waals surface area contributed by atoms with Crippen molar-refractivity contribution in [1.82, 2.24) is 0 Å². The molecule has 1 spiro atoms. The lowest BCUT2D eigenvalue weighted by Gasteiger charge is -2.20. The predicted molar refractivity (Wildman–Crippen MR) is 64.4 cm³/mol. The number of aryl methyl sites for hydroxylation is 2. The van der Waals surface area contributed by atoms with Gasteiger partial charge in [0, 0.05) is 17.4 Å². The van der Waals surface area contributed by atoms with Crippen molar-refractivity contribution >= 4 is 0 Å². The van der Waals surface area contributed by atoms with Crippen molar-refractivity contribution in [2.24, 2.45) is 11.1 Å². The number of fused-ring (bicyclic) bond motifs is 2. The van der Waals surface area contributed by atoms with Crippen molar-refractivity contribution in [2.45, 2.75) is 31.6 Å². The van der Waals surface area contributed by atoms with Crippen LogP contribution < -0.4 is 5.73 Å². The van der Waals surface area contributed by atoms with Crippen molar-refractivity contribution in [3.63, 3.8) is 0 Å². The molecule has 3 rings (SSSR count). The highest BCUT2D eigenvalue weighted by Crippen LogP contribution is 2.69. The van der Waals surface area contributed by atoms with E-state index in [-0.39, 0.29) is 17.4 Å². The fraction of sp³-hybridized carbons (Fsp3) is 0.571. The molecule has 2 heteroatoms. The molecule has 2 unspecified atom stereocenters. The maximum Gasteiger partial charge on any atom is 0.0508 e. The van der Waals surface area contributed by atoms with Crippen LogP contribution in [0, 0.1) is 12.3 Å². The summed E-state index contributed by atoms with van der Waals surface area (Å²) >= 11 is 0. The molecule has 2 atom stereocenters. The molecule has 3 N–H and O–H groups in total. The van der Waals surface area contributed by atoms with Crippen LogP contribution in [0.2, 0.25) is 0 Å². The highest BCUT2D eigenvalue weighted by atomic mass is 16.3. The van der Waals surface area contributed by atoms with Crippen LogP contribution in [0.15, 0.2) is 18.2 Å². The van der Waals surface area contributed by atoms with Gasteiger partial charge in [-0.3, -0.25) is 0 Å². The van der Waals surface area contributed by atoms with E-state index >= 15 is 0 Å². The van der Waals surface area contributed by atoms with Gasteiger partial charge in [0.15, 0.2) is 0 Å². The molecule has 1 fully saturated rings. The van der Waals surface area contributed by atoms with Gasteiger partial charge in [0.2, 0.25) is 0 Å². The van der Waals surface area contributed by atoms with Crippen LogP contribution in [-0.2, 0) is 11.8 Å². The smallest absolute Gasteiger partial charge is 0.0508 e. The van der Waals surface area contributed by atoms with Gasteiger partial charge in [-0.05, 0) is 37.3 Å². The molecule has 0 heterocycles. The highest BCUT2D eigenvalue weighted by Gasteiger charge is 2.68. The fourth-order valence-electron chi connectivity index (χ4n) is 3.64. The Morgan fingerprint density at radius 2 is 2.25 bits per heavy atom. The van der Waals surface area contributed by atoms with Crippen molar-refractivity contribution in [3.05, 3.63) is 34.9 Å². The Balaban J connectivity index is 2.08. The Bertz CT molecular complexity index is 436.